The number of anilines is 2. The molecular formula is C20H20FN3OS. The third-order valence-electron chi connectivity index (χ3n) is 5.09. The zero-order chi connectivity index (χ0) is 18.3. The summed E-state index contributed by atoms with van der Waals surface area (Å²) in [5, 5.41) is 3.43. The van der Waals surface area contributed by atoms with Gasteiger partial charge in [-0.3, -0.25) is 4.79 Å². The number of benzene rings is 1. The zero-order valence-corrected chi connectivity index (χ0v) is 15.3. The van der Waals surface area contributed by atoms with Crippen LogP contribution in [0.2, 0.25) is 0 Å². The van der Waals surface area contributed by atoms with Crippen LogP contribution in [0, 0.1) is 11.7 Å². The highest BCUT2D eigenvalue weighted by Gasteiger charge is 2.23. The van der Waals surface area contributed by atoms with Crippen molar-refractivity contribution in [3.8, 4) is 0 Å². The summed E-state index contributed by atoms with van der Waals surface area (Å²) in [6.45, 7) is 2.21. The second kappa shape index (κ2) is 6.68. The van der Waals surface area contributed by atoms with Crippen molar-refractivity contribution in [1.29, 1.82) is 0 Å². The Hall–Kier alpha value is -2.47. The maximum Gasteiger partial charge on any atom is 0.268 e. The molecule has 2 heterocycles. The number of nitrogens with one attached hydrogen (secondary N) is 1. The molecular weight excluding hydrogens is 349 g/mol. The van der Waals surface area contributed by atoms with Crippen LogP contribution in [0.1, 0.15) is 40.7 Å². The van der Waals surface area contributed by atoms with E-state index < -0.39 is 11.7 Å². The molecule has 0 radical (unpaired) electrons. The molecule has 4 rings (SSSR count). The number of hydrogen-bond acceptors (Lipinski definition) is 4. The van der Waals surface area contributed by atoms with Crippen LogP contribution < -0.4 is 11.1 Å². The molecule has 1 aliphatic carbocycles. The third-order valence-corrected chi connectivity index (χ3v) is 6.21. The van der Waals surface area contributed by atoms with E-state index in [9.17, 15) is 9.18 Å². The number of amides is 1. The summed E-state index contributed by atoms with van der Waals surface area (Å²) in [6.07, 6.45) is 4.30. The van der Waals surface area contributed by atoms with Crippen LogP contribution in [0.15, 0.2) is 30.3 Å². The highest BCUT2D eigenvalue weighted by atomic mass is 32.1. The monoisotopic (exact) mass is 369 g/mol. The lowest BCUT2D eigenvalue weighted by atomic mass is 9.85. The standard InChI is InChI=1S/C20H20FN3OS/c1-2-11-7-8-15-12(9-11)10-13-17(22)18(26-20(13)24-15)19(25)23-16-6-4-3-5-14(16)21/h3-6,10-11H,2,7-9,22H2,1H3,(H,23,25)/t11-/m0/s1. The fourth-order valence-corrected chi connectivity index (χ4v) is 4.52. The Morgan fingerprint density at radius 1 is 1.42 bits per heavy atom. The summed E-state index contributed by atoms with van der Waals surface area (Å²) in [5.41, 5.74) is 9.17. The van der Waals surface area contributed by atoms with E-state index in [-0.39, 0.29) is 5.69 Å². The molecule has 3 aromatic rings. The first kappa shape index (κ1) is 17.0. The van der Waals surface area contributed by atoms with E-state index in [1.807, 2.05) is 0 Å². The van der Waals surface area contributed by atoms with Gasteiger partial charge in [0.2, 0.25) is 0 Å². The van der Waals surface area contributed by atoms with E-state index in [1.54, 1.807) is 12.1 Å². The van der Waals surface area contributed by atoms with Gasteiger partial charge >= 0.3 is 0 Å². The average molecular weight is 369 g/mol. The fraction of sp³-hybridized carbons (Fsp3) is 0.300. The van der Waals surface area contributed by atoms with Gasteiger partial charge in [-0.1, -0.05) is 25.5 Å². The van der Waals surface area contributed by atoms with Crippen molar-refractivity contribution in [2.24, 2.45) is 5.92 Å². The SMILES string of the molecule is CC[C@H]1CCc2nc3sc(C(=O)Nc4ccccc4F)c(N)c3cc2C1. The Bertz CT molecular complexity index is 998. The molecule has 0 unspecified atom stereocenters. The number of thiophene rings is 1. The van der Waals surface area contributed by atoms with Gasteiger partial charge in [0, 0.05) is 11.1 Å². The minimum absolute atomic E-state index is 0.146. The highest BCUT2D eigenvalue weighted by molar-refractivity contribution is 7.21. The second-order valence-electron chi connectivity index (χ2n) is 6.74. The number of carbonyl (C=O) groups is 1. The molecule has 1 aromatic carbocycles. The third kappa shape index (κ3) is 2.94. The summed E-state index contributed by atoms with van der Waals surface area (Å²) in [5.74, 6) is -0.190. The van der Waals surface area contributed by atoms with Gasteiger partial charge < -0.3 is 11.1 Å². The van der Waals surface area contributed by atoms with Crippen LogP contribution >= 0.6 is 11.3 Å². The van der Waals surface area contributed by atoms with Crippen molar-refractivity contribution < 1.29 is 9.18 Å². The van der Waals surface area contributed by atoms with E-state index >= 15 is 0 Å². The second-order valence-corrected chi connectivity index (χ2v) is 7.74. The number of hydrogen-bond donors (Lipinski definition) is 2. The number of nitrogen functional groups attached to an aromatic ring is 1. The van der Waals surface area contributed by atoms with Gasteiger partial charge in [0.25, 0.3) is 5.91 Å². The lowest BCUT2D eigenvalue weighted by Crippen LogP contribution is -2.14. The molecule has 4 nitrogen and oxygen atoms in total. The predicted octanol–water partition coefficient (Wildman–Crippen LogP) is 4.78. The van der Waals surface area contributed by atoms with E-state index in [4.69, 9.17) is 10.7 Å². The van der Waals surface area contributed by atoms with Crippen molar-refractivity contribution in [3.63, 3.8) is 0 Å². The molecule has 134 valence electrons. The molecule has 1 atom stereocenters. The molecule has 0 bridgehead atoms. The number of para-hydroxylation sites is 1. The number of pyridine rings is 1. The van der Waals surface area contributed by atoms with Gasteiger partial charge in [0.15, 0.2) is 0 Å². The molecule has 2 aromatic heterocycles. The number of aryl methyl sites for hydroxylation is 1. The van der Waals surface area contributed by atoms with Crippen LogP contribution in [0.3, 0.4) is 0 Å². The quantitative estimate of drug-likeness (QED) is 0.698. The van der Waals surface area contributed by atoms with Gasteiger partial charge in [-0.25, -0.2) is 9.37 Å². The Balaban J connectivity index is 1.69. The first-order valence-corrected chi connectivity index (χ1v) is 9.65. The number of halogens is 1. The van der Waals surface area contributed by atoms with Crippen LogP contribution in [0.25, 0.3) is 10.2 Å². The maximum absolute atomic E-state index is 13.8. The van der Waals surface area contributed by atoms with Crippen LogP contribution in [-0.4, -0.2) is 10.9 Å². The molecule has 0 fully saturated rings. The average Bonchev–Trinajstić information content (AvgIpc) is 2.97. The molecule has 0 saturated heterocycles. The van der Waals surface area contributed by atoms with Gasteiger partial charge in [0.1, 0.15) is 15.5 Å². The first-order chi connectivity index (χ1) is 12.6. The molecule has 1 aliphatic rings. The minimum atomic E-state index is -0.472. The highest BCUT2D eigenvalue weighted by Crippen LogP contribution is 2.37. The number of fused-ring (bicyclic) bond motifs is 2. The van der Waals surface area contributed by atoms with Gasteiger partial charge in [0.05, 0.1) is 11.4 Å². The van der Waals surface area contributed by atoms with Crippen molar-refractivity contribution in [2.45, 2.75) is 32.6 Å². The van der Waals surface area contributed by atoms with Crippen molar-refractivity contribution in [1.82, 2.24) is 4.98 Å². The molecule has 0 aliphatic heterocycles. The molecule has 1 amide bonds. The molecule has 0 saturated carbocycles. The summed E-state index contributed by atoms with van der Waals surface area (Å²) in [6, 6.07) is 8.18. The van der Waals surface area contributed by atoms with Crippen LogP contribution in [0.5, 0.6) is 0 Å². The lowest BCUT2D eigenvalue weighted by molar-refractivity contribution is 0.103. The smallest absolute Gasteiger partial charge is 0.268 e. The number of rotatable bonds is 3. The molecule has 6 heteroatoms. The largest absolute Gasteiger partial charge is 0.397 e. The minimum Gasteiger partial charge on any atom is -0.397 e. The number of nitrogens with zero attached hydrogens (tertiary/aromatic N) is 1. The maximum atomic E-state index is 13.8. The van der Waals surface area contributed by atoms with Gasteiger partial charge in [-0.05, 0) is 48.9 Å². The number of carbonyl (C=O) groups excluding carboxylic acids is 1. The number of aromatic nitrogens is 1. The summed E-state index contributed by atoms with van der Waals surface area (Å²) in [4.78, 5) is 18.5. The van der Waals surface area contributed by atoms with E-state index in [0.717, 1.165) is 41.6 Å². The van der Waals surface area contributed by atoms with Gasteiger partial charge in [-0.2, -0.15) is 0 Å². The number of nitrogens with two attached hydrogens (primary N) is 1. The molecule has 26 heavy (non-hydrogen) atoms. The Morgan fingerprint density at radius 2 is 2.23 bits per heavy atom. The van der Waals surface area contributed by atoms with Crippen molar-refractivity contribution in [2.75, 3.05) is 11.1 Å². The Labute approximate surface area is 155 Å². The summed E-state index contributed by atoms with van der Waals surface area (Å²) < 4.78 is 13.8. The Morgan fingerprint density at radius 3 is 3.00 bits per heavy atom. The molecule has 0 spiro atoms. The predicted molar refractivity (Wildman–Crippen MR) is 104 cm³/mol. The fourth-order valence-electron chi connectivity index (χ4n) is 3.52. The van der Waals surface area contributed by atoms with Gasteiger partial charge in [-0.15, -0.1) is 11.3 Å². The van der Waals surface area contributed by atoms with E-state index in [2.05, 4.69) is 18.3 Å². The normalized spacial score (nSPS) is 16.5. The lowest BCUT2D eigenvalue weighted by Gasteiger charge is -2.22. The van der Waals surface area contributed by atoms with Crippen molar-refractivity contribution >= 4 is 38.8 Å². The first-order valence-electron chi connectivity index (χ1n) is 8.83. The van der Waals surface area contributed by atoms with Crippen LogP contribution in [-0.2, 0) is 12.8 Å². The van der Waals surface area contributed by atoms with Crippen LogP contribution in [0.4, 0.5) is 15.8 Å². The Kier molecular flexibility index (Phi) is 4.36. The van der Waals surface area contributed by atoms with Crippen molar-refractivity contribution in [3.05, 3.63) is 52.3 Å². The molecule has 3 N–H and O–H groups in total. The zero-order valence-electron chi connectivity index (χ0n) is 14.5. The topological polar surface area (TPSA) is 68.0 Å². The van der Waals surface area contributed by atoms with E-state index in [1.165, 1.54) is 29.0 Å². The summed E-state index contributed by atoms with van der Waals surface area (Å²) in [7, 11) is 0. The van der Waals surface area contributed by atoms with E-state index in [0.29, 0.717) is 16.5 Å². The summed E-state index contributed by atoms with van der Waals surface area (Å²) >= 11 is 1.27.